The molecule has 0 fully saturated rings. The molecule has 0 heterocycles. The van der Waals surface area contributed by atoms with E-state index in [4.69, 9.17) is 0 Å². The van der Waals surface area contributed by atoms with Crippen molar-refractivity contribution in [2.75, 3.05) is 17.3 Å². The van der Waals surface area contributed by atoms with Gasteiger partial charge in [0.25, 0.3) is 11.8 Å². The SMILES string of the molecule is Cc1cc(C(F)(F)C(F)(F)C(F)(F)F)ccc1NC(=O)c1cccc(I)c1C(=O)NC(C)(C)CS(C)(=O)=O. The van der Waals surface area contributed by atoms with Crippen molar-refractivity contribution < 1.29 is 48.7 Å². The van der Waals surface area contributed by atoms with E-state index in [9.17, 15) is 48.7 Å². The van der Waals surface area contributed by atoms with Gasteiger partial charge < -0.3 is 10.6 Å². The average Bonchev–Trinajstić information content (AvgIpc) is 2.71. The standard InChI is InChI=1S/C23H22F7IN2O4S/c1-12-10-13(21(24,25)22(26,27)23(28,29)30)8-9-16(12)32-18(34)14-6-5-7-15(31)17(14)19(35)33-20(2,3)11-38(4,36)37/h5-10H,11H2,1-4H3,(H,32,34)(H,33,35). The van der Waals surface area contributed by atoms with Gasteiger partial charge >= 0.3 is 18.0 Å². The first-order valence-corrected chi connectivity index (χ1v) is 13.7. The van der Waals surface area contributed by atoms with E-state index in [1.54, 1.807) is 22.6 Å². The van der Waals surface area contributed by atoms with Crippen LogP contribution in [-0.2, 0) is 15.8 Å². The molecule has 210 valence electrons. The zero-order chi connectivity index (χ0) is 29.5. The van der Waals surface area contributed by atoms with Crippen LogP contribution in [0.25, 0.3) is 0 Å². The third-order valence-corrected chi connectivity index (χ3v) is 7.29. The minimum atomic E-state index is -6.51. The fourth-order valence-electron chi connectivity index (χ4n) is 3.55. The van der Waals surface area contributed by atoms with Crippen LogP contribution in [0.2, 0.25) is 0 Å². The number of rotatable bonds is 8. The number of aryl methyl sites for hydroxylation is 1. The average molecular weight is 682 g/mol. The van der Waals surface area contributed by atoms with Gasteiger partial charge in [-0.25, -0.2) is 8.42 Å². The molecule has 2 N–H and O–H groups in total. The topological polar surface area (TPSA) is 92.3 Å². The smallest absolute Gasteiger partial charge is 0.346 e. The second-order valence-electron chi connectivity index (χ2n) is 9.20. The van der Waals surface area contributed by atoms with Gasteiger partial charge in [-0.15, -0.1) is 0 Å². The van der Waals surface area contributed by atoms with Crippen molar-refractivity contribution in [1.82, 2.24) is 5.32 Å². The molecule has 6 nitrogen and oxygen atoms in total. The fourth-order valence-corrected chi connectivity index (χ4v) is 5.68. The molecule has 0 aliphatic heterocycles. The third kappa shape index (κ3) is 6.95. The van der Waals surface area contributed by atoms with Gasteiger partial charge in [0.2, 0.25) is 0 Å². The maximum atomic E-state index is 14.1. The Hall–Kier alpha value is -2.43. The number of hydrogen-bond acceptors (Lipinski definition) is 4. The molecular formula is C23H22F7IN2O4S. The molecule has 0 aromatic heterocycles. The van der Waals surface area contributed by atoms with Crippen LogP contribution in [0.15, 0.2) is 36.4 Å². The number of alkyl halides is 7. The summed E-state index contributed by atoms with van der Waals surface area (Å²) in [5.74, 6) is -14.0. The first kappa shape index (κ1) is 31.8. The lowest BCUT2D eigenvalue weighted by molar-refractivity contribution is -0.359. The highest BCUT2D eigenvalue weighted by atomic mass is 127. The summed E-state index contributed by atoms with van der Waals surface area (Å²) in [4.78, 5) is 26.0. The van der Waals surface area contributed by atoms with Crippen LogP contribution >= 0.6 is 22.6 Å². The van der Waals surface area contributed by atoms with Crippen molar-refractivity contribution in [1.29, 1.82) is 0 Å². The molecule has 0 aliphatic rings. The Morgan fingerprint density at radius 3 is 2.03 bits per heavy atom. The van der Waals surface area contributed by atoms with Gasteiger partial charge in [-0.1, -0.05) is 12.1 Å². The second-order valence-corrected chi connectivity index (χ2v) is 12.5. The van der Waals surface area contributed by atoms with Crippen molar-refractivity contribution in [2.45, 2.75) is 44.3 Å². The Morgan fingerprint density at radius 2 is 1.53 bits per heavy atom. The molecule has 0 bridgehead atoms. The predicted molar refractivity (Wildman–Crippen MR) is 134 cm³/mol. The first-order chi connectivity index (χ1) is 17.0. The Balaban J connectivity index is 2.39. The number of carbonyl (C=O) groups is 2. The van der Waals surface area contributed by atoms with Gasteiger partial charge in [0.1, 0.15) is 9.84 Å². The molecule has 0 saturated heterocycles. The van der Waals surface area contributed by atoms with Crippen LogP contribution in [0, 0.1) is 10.5 Å². The number of halogens is 8. The number of sulfone groups is 1. The highest BCUT2D eigenvalue weighted by Gasteiger charge is 2.73. The molecule has 0 aliphatic carbocycles. The van der Waals surface area contributed by atoms with Gasteiger partial charge in [0, 0.05) is 26.6 Å². The van der Waals surface area contributed by atoms with Crippen molar-refractivity contribution >= 4 is 49.9 Å². The maximum absolute atomic E-state index is 14.1. The van der Waals surface area contributed by atoms with E-state index in [1.165, 1.54) is 32.0 Å². The van der Waals surface area contributed by atoms with Gasteiger partial charge in [-0.2, -0.15) is 30.7 Å². The summed E-state index contributed by atoms with van der Waals surface area (Å²) in [6, 6.07) is 5.66. The molecule has 0 radical (unpaired) electrons. The van der Waals surface area contributed by atoms with E-state index in [0.29, 0.717) is 15.7 Å². The molecule has 38 heavy (non-hydrogen) atoms. The Kier molecular flexibility index (Phi) is 8.88. The Labute approximate surface area is 227 Å². The van der Waals surface area contributed by atoms with Crippen LogP contribution in [0.1, 0.15) is 45.7 Å². The molecule has 2 aromatic rings. The maximum Gasteiger partial charge on any atom is 0.460 e. The van der Waals surface area contributed by atoms with E-state index >= 15 is 0 Å². The lowest BCUT2D eigenvalue weighted by Gasteiger charge is -2.28. The Bertz CT molecular complexity index is 1360. The molecule has 0 unspecified atom stereocenters. The van der Waals surface area contributed by atoms with Crippen molar-refractivity contribution in [3.05, 3.63) is 62.2 Å². The van der Waals surface area contributed by atoms with Crippen molar-refractivity contribution in [2.24, 2.45) is 0 Å². The van der Waals surface area contributed by atoms with Crippen molar-refractivity contribution in [3.63, 3.8) is 0 Å². The summed E-state index contributed by atoms with van der Waals surface area (Å²) < 4.78 is 116. The molecule has 0 atom stereocenters. The molecule has 15 heteroatoms. The van der Waals surface area contributed by atoms with E-state index in [-0.39, 0.29) is 22.4 Å². The normalized spacial score (nSPS) is 13.3. The third-order valence-electron chi connectivity index (χ3n) is 5.15. The van der Waals surface area contributed by atoms with E-state index in [0.717, 1.165) is 19.2 Å². The minimum absolute atomic E-state index is 0.127. The second kappa shape index (κ2) is 10.6. The number of anilines is 1. The summed E-state index contributed by atoms with van der Waals surface area (Å²) in [7, 11) is -3.48. The van der Waals surface area contributed by atoms with Crippen LogP contribution in [-0.4, -0.2) is 49.9 Å². The predicted octanol–water partition coefficient (Wildman–Crippen LogP) is 5.69. The first-order valence-electron chi connectivity index (χ1n) is 10.5. The molecule has 2 rings (SSSR count). The zero-order valence-electron chi connectivity index (χ0n) is 20.2. The van der Waals surface area contributed by atoms with Gasteiger partial charge in [0.05, 0.1) is 16.9 Å². The summed E-state index contributed by atoms with van der Waals surface area (Å²) in [6.07, 6.45) is -5.52. The number of carbonyl (C=O) groups excluding carboxylic acids is 2. The Morgan fingerprint density at radius 1 is 0.947 bits per heavy atom. The lowest BCUT2D eigenvalue weighted by Crippen LogP contribution is -2.50. The van der Waals surface area contributed by atoms with Gasteiger partial charge in [0.15, 0.2) is 0 Å². The minimum Gasteiger partial charge on any atom is -0.346 e. The molecule has 2 amide bonds. The summed E-state index contributed by atoms with van der Waals surface area (Å²) in [6.45, 7) is 4.03. The van der Waals surface area contributed by atoms with Gasteiger partial charge in [-0.3, -0.25) is 9.59 Å². The monoisotopic (exact) mass is 682 g/mol. The van der Waals surface area contributed by atoms with Crippen LogP contribution in [0.5, 0.6) is 0 Å². The van der Waals surface area contributed by atoms with E-state index in [1.807, 2.05) is 0 Å². The summed E-state index contributed by atoms with van der Waals surface area (Å²) >= 11 is 1.77. The quantitative estimate of drug-likeness (QED) is 0.277. The number of benzene rings is 2. The molecule has 0 saturated carbocycles. The highest BCUT2D eigenvalue weighted by molar-refractivity contribution is 14.1. The van der Waals surface area contributed by atoms with Crippen molar-refractivity contribution in [3.8, 4) is 0 Å². The number of hydrogen-bond donors (Lipinski definition) is 2. The summed E-state index contributed by atoms with van der Waals surface area (Å²) in [5.41, 5.74) is -3.59. The van der Waals surface area contributed by atoms with Crippen LogP contribution in [0.3, 0.4) is 0 Å². The van der Waals surface area contributed by atoms with E-state index < -0.39 is 56.5 Å². The molecule has 0 spiro atoms. The summed E-state index contributed by atoms with van der Waals surface area (Å²) in [5, 5.41) is 4.87. The number of amides is 2. The van der Waals surface area contributed by atoms with Crippen LogP contribution < -0.4 is 10.6 Å². The highest BCUT2D eigenvalue weighted by Crippen LogP contribution is 2.52. The number of nitrogens with one attached hydrogen (secondary N) is 2. The van der Waals surface area contributed by atoms with E-state index in [2.05, 4.69) is 10.6 Å². The lowest BCUT2D eigenvalue weighted by atomic mass is 9.98. The fraction of sp³-hybridized carbons (Fsp3) is 0.391. The molecule has 2 aromatic carbocycles. The molecular weight excluding hydrogens is 660 g/mol. The zero-order valence-corrected chi connectivity index (χ0v) is 23.2. The largest absolute Gasteiger partial charge is 0.460 e. The van der Waals surface area contributed by atoms with Gasteiger partial charge in [-0.05, 0) is 73.2 Å². The van der Waals surface area contributed by atoms with Crippen LogP contribution in [0.4, 0.5) is 36.4 Å².